The molecule has 0 saturated heterocycles. The Morgan fingerprint density at radius 2 is 2.10 bits per heavy atom. The summed E-state index contributed by atoms with van der Waals surface area (Å²) in [4.78, 5) is 22.7. The third kappa shape index (κ3) is 5.61. The van der Waals surface area contributed by atoms with Crippen molar-refractivity contribution >= 4 is 27.7 Å². The number of nitrogens with one attached hydrogen (secondary N) is 1. The van der Waals surface area contributed by atoms with Crippen LogP contribution in [0.1, 0.15) is 26.7 Å². The van der Waals surface area contributed by atoms with E-state index in [1.54, 1.807) is 13.8 Å². The molecule has 1 aromatic rings. The van der Waals surface area contributed by atoms with Gasteiger partial charge in [-0.25, -0.2) is 0 Å². The second-order valence-electron chi connectivity index (χ2n) is 4.95. The molecule has 110 valence electrons. The van der Waals surface area contributed by atoms with Gasteiger partial charge in [-0.15, -0.1) is 0 Å². The van der Waals surface area contributed by atoms with E-state index in [0.29, 0.717) is 13.0 Å². The lowest BCUT2D eigenvalue weighted by molar-refractivity contribution is -0.130. The largest absolute Gasteiger partial charge is 0.494 e. The van der Waals surface area contributed by atoms with Crippen LogP contribution in [0.4, 0.5) is 0 Å². The van der Waals surface area contributed by atoms with Crippen LogP contribution in [0.25, 0.3) is 0 Å². The molecule has 1 rings (SSSR count). The summed E-state index contributed by atoms with van der Waals surface area (Å²) in [6.07, 6.45) is 0.845. The van der Waals surface area contributed by atoms with Gasteiger partial charge in [-0.3, -0.25) is 9.59 Å². The molecule has 0 spiro atoms. The molecular formula is C14H19BrN2O3. The molecule has 0 aliphatic rings. The lowest BCUT2D eigenvalue weighted by Crippen LogP contribution is -2.53. The van der Waals surface area contributed by atoms with Crippen LogP contribution < -0.4 is 15.8 Å². The summed E-state index contributed by atoms with van der Waals surface area (Å²) >= 11 is 3.35. The van der Waals surface area contributed by atoms with Crippen LogP contribution in [-0.2, 0) is 9.59 Å². The Bertz CT molecular complexity index is 489. The van der Waals surface area contributed by atoms with Gasteiger partial charge in [0.15, 0.2) is 0 Å². The lowest BCUT2D eigenvalue weighted by Gasteiger charge is -2.22. The predicted molar refractivity (Wildman–Crippen MR) is 80.3 cm³/mol. The molecule has 2 amide bonds. The van der Waals surface area contributed by atoms with Gasteiger partial charge < -0.3 is 15.8 Å². The Kier molecular flexibility index (Phi) is 6.01. The Labute approximate surface area is 127 Å². The van der Waals surface area contributed by atoms with Crippen molar-refractivity contribution < 1.29 is 14.3 Å². The van der Waals surface area contributed by atoms with Crippen molar-refractivity contribution in [2.24, 2.45) is 5.73 Å². The van der Waals surface area contributed by atoms with E-state index in [0.717, 1.165) is 10.2 Å². The van der Waals surface area contributed by atoms with Crippen LogP contribution in [0.2, 0.25) is 0 Å². The molecule has 1 aromatic carbocycles. The average Bonchev–Trinajstić information content (AvgIpc) is 2.34. The first kappa shape index (κ1) is 16.5. The molecule has 0 radical (unpaired) electrons. The van der Waals surface area contributed by atoms with Crippen molar-refractivity contribution in [1.29, 1.82) is 0 Å². The summed E-state index contributed by atoms with van der Waals surface area (Å²) in [5.74, 6) is -0.0277. The SMILES string of the molecule is CC(C)(NC(=O)CCCOc1cccc(Br)c1)C(N)=O. The van der Waals surface area contributed by atoms with Crippen molar-refractivity contribution in [2.45, 2.75) is 32.2 Å². The standard InChI is InChI=1S/C14H19BrN2O3/c1-14(2,13(16)19)17-12(18)7-4-8-20-11-6-3-5-10(15)9-11/h3,5-6,9H,4,7-8H2,1-2H3,(H2,16,19)(H,17,18). The van der Waals surface area contributed by atoms with E-state index in [2.05, 4.69) is 21.2 Å². The van der Waals surface area contributed by atoms with E-state index in [-0.39, 0.29) is 12.3 Å². The summed E-state index contributed by atoms with van der Waals surface area (Å²) < 4.78 is 6.45. The number of hydrogen-bond acceptors (Lipinski definition) is 3. The first-order valence-corrected chi connectivity index (χ1v) is 7.10. The summed E-state index contributed by atoms with van der Waals surface area (Å²) in [5.41, 5.74) is 4.16. The molecule has 0 aliphatic heterocycles. The number of nitrogens with two attached hydrogens (primary N) is 1. The number of carbonyl (C=O) groups excluding carboxylic acids is 2. The zero-order valence-electron chi connectivity index (χ0n) is 11.6. The maximum absolute atomic E-state index is 11.6. The Balaban J connectivity index is 2.28. The third-order valence-corrected chi connectivity index (χ3v) is 3.17. The molecule has 0 fully saturated rings. The lowest BCUT2D eigenvalue weighted by atomic mass is 10.0. The van der Waals surface area contributed by atoms with Gasteiger partial charge in [0.2, 0.25) is 11.8 Å². The molecule has 0 bridgehead atoms. The van der Waals surface area contributed by atoms with E-state index in [9.17, 15) is 9.59 Å². The zero-order valence-corrected chi connectivity index (χ0v) is 13.2. The number of halogens is 1. The van der Waals surface area contributed by atoms with Gasteiger partial charge in [0.05, 0.1) is 6.61 Å². The first-order valence-electron chi connectivity index (χ1n) is 6.30. The number of benzene rings is 1. The second kappa shape index (κ2) is 7.28. The van der Waals surface area contributed by atoms with Crippen LogP contribution in [0.3, 0.4) is 0 Å². The van der Waals surface area contributed by atoms with Crippen molar-refractivity contribution in [3.05, 3.63) is 28.7 Å². The normalized spacial score (nSPS) is 10.9. The fourth-order valence-electron chi connectivity index (χ4n) is 1.45. The number of hydrogen-bond donors (Lipinski definition) is 2. The average molecular weight is 343 g/mol. The maximum Gasteiger partial charge on any atom is 0.242 e. The highest BCUT2D eigenvalue weighted by atomic mass is 79.9. The maximum atomic E-state index is 11.6. The summed E-state index contributed by atoms with van der Waals surface area (Å²) in [5, 5.41) is 2.59. The van der Waals surface area contributed by atoms with Gasteiger partial charge in [-0.1, -0.05) is 22.0 Å². The highest BCUT2D eigenvalue weighted by Gasteiger charge is 2.26. The van der Waals surface area contributed by atoms with Crippen LogP contribution in [0.5, 0.6) is 5.75 Å². The van der Waals surface area contributed by atoms with Gasteiger partial charge in [-0.2, -0.15) is 0 Å². The minimum Gasteiger partial charge on any atom is -0.494 e. The molecular weight excluding hydrogens is 324 g/mol. The van der Waals surface area contributed by atoms with E-state index < -0.39 is 11.4 Å². The van der Waals surface area contributed by atoms with Crippen molar-refractivity contribution in [3.8, 4) is 5.75 Å². The van der Waals surface area contributed by atoms with E-state index in [4.69, 9.17) is 10.5 Å². The minimum atomic E-state index is -1.03. The van der Waals surface area contributed by atoms with E-state index >= 15 is 0 Å². The van der Waals surface area contributed by atoms with E-state index in [1.165, 1.54) is 0 Å². The smallest absolute Gasteiger partial charge is 0.242 e. The quantitative estimate of drug-likeness (QED) is 0.743. The predicted octanol–water partition coefficient (Wildman–Crippen LogP) is 1.99. The van der Waals surface area contributed by atoms with Gasteiger partial charge >= 0.3 is 0 Å². The van der Waals surface area contributed by atoms with Gasteiger partial charge in [0.1, 0.15) is 11.3 Å². The Hall–Kier alpha value is -1.56. The highest BCUT2D eigenvalue weighted by molar-refractivity contribution is 9.10. The van der Waals surface area contributed by atoms with Crippen LogP contribution >= 0.6 is 15.9 Å². The summed E-state index contributed by atoms with van der Waals surface area (Å²) in [6.45, 7) is 3.58. The number of carbonyl (C=O) groups is 2. The van der Waals surface area contributed by atoms with Gasteiger partial charge in [0.25, 0.3) is 0 Å². The second-order valence-corrected chi connectivity index (χ2v) is 5.86. The molecule has 0 saturated carbocycles. The van der Waals surface area contributed by atoms with Gasteiger partial charge in [-0.05, 0) is 38.5 Å². The summed E-state index contributed by atoms with van der Waals surface area (Å²) in [7, 11) is 0. The highest BCUT2D eigenvalue weighted by Crippen LogP contribution is 2.17. The summed E-state index contributed by atoms with van der Waals surface area (Å²) in [6, 6.07) is 7.49. The van der Waals surface area contributed by atoms with Crippen LogP contribution in [-0.4, -0.2) is 24.0 Å². The number of primary amides is 1. The van der Waals surface area contributed by atoms with Crippen molar-refractivity contribution in [1.82, 2.24) is 5.32 Å². The molecule has 0 heterocycles. The zero-order chi connectivity index (χ0) is 15.2. The number of rotatable bonds is 7. The van der Waals surface area contributed by atoms with Crippen molar-refractivity contribution in [3.63, 3.8) is 0 Å². The van der Waals surface area contributed by atoms with Crippen molar-refractivity contribution in [2.75, 3.05) is 6.61 Å². The Morgan fingerprint density at radius 3 is 2.70 bits per heavy atom. The van der Waals surface area contributed by atoms with Crippen LogP contribution in [0.15, 0.2) is 28.7 Å². The molecule has 20 heavy (non-hydrogen) atoms. The molecule has 3 N–H and O–H groups in total. The number of amides is 2. The minimum absolute atomic E-state index is 0.216. The van der Waals surface area contributed by atoms with E-state index in [1.807, 2.05) is 24.3 Å². The topological polar surface area (TPSA) is 81.4 Å². The molecule has 5 nitrogen and oxygen atoms in total. The fourth-order valence-corrected chi connectivity index (χ4v) is 1.83. The molecule has 0 unspecified atom stereocenters. The third-order valence-electron chi connectivity index (χ3n) is 2.68. The number of ether oxygens (including phenoxy) is 1. The Morgan fingerprint density at radius 1 is 1.40 bits per heavy atom. The fraction of sp³-hybridized carbons (Fsp3) is 0.429. The van der Waals surface area contributed by atoms with Gasteiger partial charge in [0, 0.05) is 10.9 Å². The van der Waals surface area contributed by atoms with Crippen LogP contribution in [0, 0.1) is 0 Å². The molecule has 0 aliphatic carbocycles. The monoisotopic (exact) mass is 342 g/mol. The first-order chi connectivity index (χ1) is 9.31. The molecule has 6 heteroatoms. The molecule has 0 atom stereocenters. The molecule has 0 aromatic heterocycles.